The Hall–Kier alpha value is -1.17. The van der Waals surface area contributed by atoms with Gasteiger partial charge in [-0.3, -0.25) is 4.79 Å². The lowest BCUT2D eigenvalue weighted by Gasteiger charge is -2.18. The number of carbonyl (C=O) groups excluding carboxylic acids is 1. The molecule has 266 valence electrons. The number of hydrogen-bond donors (Lipinski definition) is 4. The highest BCUT2D eigenvalue weighted by Crippen LogP contribution is 2.15. The van der Waals surface area contributed by atoms with E-state index in [1.165, 1.54) is 161 Å². The molecule has 0 aliphatic carbocycles. The highest BCUT2D eigenvalue weighted by atomic mass is 16.3. The van der Waals surface area contributed by atoms with Crippen LogP contribution in [-0.2, 0) is 4.79 Å². The van der Waals surface area contributed by atoms with Gasteiger partial charge < -0.3 is 20.6 Å². The van der Waals surface area contributed by atoms with E-state index in [4.69, 9.17) is 5.11 Å². The van der Waals surface area contributed by atoms with Gasteiger partial charge in [-0.2, -0.15) is 0 Å². The topological polar surface area (TPSA) is 89.8 Å². The summed E-state index contributed by atoms with van der Waals surface area (Å²) in [5, 5.41) is 31.6. The zero-order valence-corrected chi connectivity index (χ0v) is 29.8. The monoisotopic (exact) mass is 636 g/mol. The van der Waals surface area contributed by atoms with Crippen molar-refractivity contribution in [2.75, 3.05) is 13.2 Å². The van der Waals surface area contributed by atoms with Crippen LogP contribution in [0.25, 0.3) is 0 Å². The van der Waals surface area contributed by atoms with Crippen LogP contribution in [0, 0.1) is 0 Å². The van der Waals surface area contributed by atoms with Crippen LogP contribution in [0.2, 0.25) is 0 Å². The quantitative estimate of drug-likeness (QED) is 0.0313. The molecule has 0 rings (SSSR count). The first-order valence-electron chi connectivity index (χ1n) is 19.7. The first-order chi connectivity index (χ1) is 22.2. The molecule has 5 nitrogen and oxygen atoms in total. The third-order valence-electron chi connectivity index (χ3n) is 9.04. The Kier molecular flexibility index (Phi) is 36.3. The van der Waals surface area contributed by atoms with Gasteiger partial charge >= 0.3 is 0 Å². The van der Waals surface area contributed by atoms with Crippen molar-refractivity contribution in [3.8, 4) is 0 Å². The number of allylic oxidation sites excluding steroid dienone is 2. The van der Waals surface area contributed by atoms with Crippen molar-refractivity contribution < 1.29 is 20.1 Å². The van der Waals surface area contributed by atoms with E-state index in [2.05, 4.69) is 12.2 Å². The molecule has 45 heavy (non-hydrogen) atoms. The third-order valence-corrected chi connectivity index (χ3v) is 9.04. The number of aliphatic hydroxyl groups is 3. The molecule has 0 aromatic rings. The zero-order chi connectivity index (χ0) is 32.9. The fourth-order valence-electron chi connectivity index (χ4n) is 5.98. The first-order valence-corrected chi connectivity index (χ1v) is 19.7. The average Bonchev–Trinajstić information content (AvgIpc) is 3.04. The lowest BCUT2D eigenvalue weighted by Crippen LogP contribution is -2.44. The van der Waals surface area contributed by atoms with E-state index >= 15 is 0 Å². The molecule has 0 radical (unpaired) electrons. The summed E-state index contributed by atoms with van der Waals surface area (Å²) in [4.78, 5) is 12.2. The lowest BCUT2D eigenvalue weighted by atomic mass is 10.0. The number of hydrogen-bond acceptors (Lipinski definition) is 4. The molecule has 0 aliphatic rings. The van der Waals surface area contributed by atoms with Crippen LogP contribution in [0.1, 0.15) is 200 Å². The van der Waals surface area contributed by atoms with Crippen molar-refractivity contribution in [1.29, 1.82) is 0 Å². The second-order valence-corrected chi connectivity index (χ2v) is 13.5. The molecule has 4 N–H and O–H groups in total. The minimum Gasteiger partial charge on any atom is -0.396 e. The standard InChI is InChI=1S/C40H77NO4/c1-2-3-4-5-6-7-8-9-16-19-22-25-28-31-34-39(44)38(37-43)41-40(45)35-32-29-26-23-20-17-14-12-10-11-13-15-18-21-24-27-30-33-36-42/h31-32,34-35,38-39,42-44H,2-30,33,36-37H2,1H3,(H,41,45). The molecule has 0 aromatic carbocycles. The van der Waals surface area contributed by atoms with Gasteiger partial charge in [0.2, 0.25) is 5.91 Å². The molecule has 0 bridgehead atoms. The molecule has 0 saturated heterocycles. The van der Waals surface area contributed by atoms with Gasteiger partial charge in [-0.25, -0.2) is 0 Å². The molecule has 0 heterocycles. The second-order valence-electron chi connectivity index (χ2n) is 13.5. The van der Waals surface area contributed by atoms with E-state index < -0.39 is 12.1 Å². The number of aliphatic hydroxyl groups excluding tert-OH is 3. The Morgan fingerprint density at radius 2 is 0.889 bits per heavy atom. The van der Waals surface area contributed by atoms with Crippen molar-refractivity contribution in [2.24, 2.45) is 0 Å². The number of amides is 1. The molecule has 5 heteroatoms. The Bertz CT molecular complexity index is 650. The summed E-state index contributed by atoms with van der Waals surface area (Å²) in [6.45, 7) is 2.33. The van der Waals surface area contributed by atoms with Crippen molar-refractivity contribution in [3.05, 3.63) is 24.3 Å². The SMILES string of the molecule is CCCCCCCCCCCCCCC=CC(O)C(CO)NC(=O)C=CCCCCCCCCCCCCCCCCCCO. The predicted molar refractivity (Wildman–Crippen MR) is 195 cm³/mol. The van der Waals surface area contributed by atoms with Crippen LogP contribution in [0.5, 0.6) is 0 Å². The van der Waals surface area contributed by atoms with Crippen LogP contribution in [-0.4, -0.2) is 46.6 Å². The summed E-state index contributed by atoms with van der Waals surface area (Å²) in [5.41, 5.74) is 0. The maximum atomic E-state index is 12.2. The minimum atomic E-state index is -0.872. The Morgan fingerprint density at radius 3 is 1.27 bits per heavy atom. The predicted octanol–water partition coefficient (Wildman–Crippen LogP) is 10.7. The van der Waals surface area contributed by atoms with Gasteiger partial charge in [-0.15, -0.1) is 0 Å². The zero-order valence-electron chi connectivity index (χ0n) is 29.8. The summed E-state index contributed by atoms with van der Waals surface area (Å²) in [6, 6.07) is -0.673. The number of rotatable bonds is 36. The number of nitrogens with one attached hydrogen (secondary N) is 1. The molecule has 2 unspecified atom stereocenters. The summed E-state index contributed by atoms with van der Waals surface area (Å²) in [6.07, 6.45) is 44.6. The maximum absolute atomic E-state index is 12.2. The number of unbranched alkanes of at least 4 members (excludes halogenated alkanes) is 28. The molecule has 0 spiro atoms. The van der Waals surface area contributed by atoms with Gasteiger partial charge in [0.15, 0.2) is 0 Å². The molecule has 0 fully saturated rings. The first kappa shape index (κ1) is 43.8. The van der Waals surface area contributed by atoms with E-state index in [9.17, 15) is 15.0 Å². The molecule has 0 aromatic heterocycles. The van der Waals surface area contributed by atoms with E-state index in [1.54, 1.807) is 12.2 Å². The van der Waals surface area contributed by atoms with E-state index in [0.717, 1.165) is 32.1 Å². The normalized spacial score (nSPS) is 13.2. The minimum absolute atomic E-state index is 0.250. The van der Waals surface area contributed by atoms with E-state index in [1.807, 2.05) is 12.2 Å². The van der Waals surface area contributed by atoms with Gasteiger partial charge in [0.25, 0.3) is 0 Å². The third kappa shape index (κ3) is 34.0. The molecule has 0 saturated carbocycles. The van der Waals surface area contributed by atoms with Crippen molar-refractivity contribution in [2.45, 2.75) is 212 Å². The molecule has 1 amide bonds. The highest BCUT2D eigenvalue weighted by Gasteiger charge is 2.16. The smallest absolute Gasteiger partial charge is 0.244 e. The second kappa shape index (κ2) is 37.3. The van der Waals surface area contributed by atoms with Gasteiger partial charge in [0.1, 0.15) is 0 Å². The molecule has 0 aliphatic heterocycles. The summed E-state index contributed by atoms with van der Waals surface area (Å²) >= 11 is 0. The fourth-order valence-corrected chi connectivity index (χ4v) is 5.98. The van der Waals surface area contributed by atoms with Gasteiger partial charge in [0.05, 0.1) is 18.8 Å². The Balaban J connectivity index is 3.61. The highest BCUT2D eigenvalue weighted by molar-refractivity contribution is 5.87. The molecule has 2 atom stereocenters. The lowest BCUT2D eigenvalue weighted by molar-refractivity contribution is -0.118. The maximum Gasteiger partial charge on any atom is 0.244 e. The van der Waals surface area contributed by atoms with Crippen LogP contribution < -0.4 is 5.32 Å². The Labute approximate surface area is 280 Å². The van der Waals surface area contributed by atoms with Crippen LogP contribution in [0.3, 0.4) is 0 Å². The largest absolute Gasteiger partial charge is 0.396 e. The van der Waals surface area contributed by atoms with Gasteiger partial charge in [-0.1, -0.05) is 186 Å². The summed E-state index contributed by atoms with van der Waals surface area (Å²) in [5.74, 6) is -0.250. The van der Waals surface area contributed by atoms with E-state index in [-0.39, 0.29) is 12.5 Å². The number of carbonyl (C=O) groups is 1. The average molecular weight is 636 g/mol. The van der Waals surface area contributed by atoms with Crippen molar-refractivity contribution in [1.82, 2.24) is 5.32 Å². The van der Waals surface area contributed by atoms with E-state index in [0.29, 0.717) is 6.61 Å². The molecular weight excluding hydrogens is 558 g/mol. The summed E-state index contributed by atoms with van der Waals surface area (Å²) < 4.78 is 0. The molecular formula is C40H77NO4. The van der Waals surface area contributed by atoms with Gasteiger partial charge in [-0.05, 0) is 38.2 Å². The van der Waals surface area contributed by atoms with Crippen molar-refractivity contribution >= 4 is 5.91 Å². The summed E-state index contributed by atoms with van der Waals surface area (Å²) in [7, 11) is 0. The Morgan fingerprint density at radius 1 is 0.533 bits per heavy atom. The fraction of sp³-hybridized carbons (Fsp3) is 0.875. The van der Waals surface area contributed by atoms with Crippen LogP contribution in [0.4, 0.5) is 0 Å². The van der Waals surface area contributed by atoms with Crippen LogP contribution in [0.15, 0.2) is 24.3 Å². The van der Waals surface area contributed by atoms with Gasteiger partial charge in [0, 0.05) is 6.61 Å². The van der Waals surface area contributed by atoms with Crippen molar-refractivity contribution in [3.63, 3.8) is 0 Å². The van der Waals surface area contributed by atoms with Crippen LogP contribution >= 0.6 is 0 Å².